The monoisotopic (exact) mass is 441 g/mol. The highest BCUT2D eigenvalue weighted by Crippen LogP contribution is 2.32. The van der Waals surface area contributed by atoms with Gasteiger partial charge in [0, 0.05) is 18.7 Å². The Bertz CT molecular complexity index is 1070. The van der Waals surface area contributed by atoms with E-state index in [1.54, 1.807) is 21.1 Å². The Balaban J connectivity index is 1.33. The van der Waals surface area contributed by atoms with Crippen LogP contribution < -0.4 is 4.74 Å². The Morgan fingerprint density at radius 2 is 1.90 bits per heavy atom. The number of amides is 2. The van der Waals surface area contributed by atoms with Crippen molar-refractivity contribution in [2.45, 2.75) is 18.2 Å². The topological polar surface area (TPSA) is 62.7 Å². The maximum atomic E-state index is 12.6. The lowest BCUT2D eigenvalue weighted by Gasteiger charge is -2.18. The molecule has 30 heavy (non-hydrogen) atoms. The summed E-state index contributed by atoms with van der Waals surface area (Å²) in [5.74, 6) is 1.13. The van der Waals surface area contributed by atoms with Crippen LogP contribution in [0.25, 0.3) is 10.2 Å². The van der Waals surface area contributed by atoms with Crippen LogP contribution in [0.15, 0.2) is 46.8 Å². The number of benzene rings is 2. The van der Waals surface area contributed by atoms with Crippen LogP contribution in [0.4, 0.5) is 0 Å². The second-order valence-corrected chi connectivity index (χ2v) is 9.32. The molecule has 6 nitrogen and oxygen atoms in total. The number of nitrogens with zero attached hydrogens (tertiary/aromatic N) is 3. The van der Waals surface area contributed by atoms with E-state index >= 15 is 0 Å². The molecule has 2 aromatic carbocycles. The average Bonchev–Trinajstić information content (AvgIpc) is 3.39. The molecule has 1 aromatic heterocycles. The highest BCUT2D eigenvalue weighted by molar-refractivity contribution is 8.01. The summed E-state index contributed by atoms with van der Waals surface area (Å²) in [7, 11) is 0. The molecular weight excluding hydrogens is 418 g/mol. The molecule has 0 unspecified atom stereocenters. The third-order valence-electron chi connectivity index (χ3n) is 4.89. The van der Waals surface area contributed by atoms with Gasteiger partial charge in [-0.25, -0.2) is 4.98 Å². The lowest BCUT2D eigenvalue weighted by Crippen LogP contribution is -2.34. The number of carbonyl (C=O) groups is 2. The molecule has 0 radical (unpaired) electrons. The molecule has 1 saturated heterocycles. The lowest BCUT2D eigenvalue weighted by molar-refractivity contribution is -0.127. The molecule has 1 aliphatic heterocycles. The highest BCUT2D eigenvalue weighted by atomic mass is 32.2. The number of fused-ring (bicyclic) bond motifs is 1. The number of aromatic nitrogens is 1. The molecule has 156 valence electrons. The van der Waals surface area contributed by atoms with Crippen LogP contribution in [0.1, 0.15) is 22.8 Å². The number of carbonyl (C=O) groups excluding carboxylic acids is 2. The van der Waals surface area contributed by atoms with Gasteiger partial charge in [0.25, 0.3) is 5.91 Å². The molecule has 0 atom stereocenters. The molecule has 1 aliphatic rings. The molecule has 1 fully saturated rings. The van der Waals surface area contributed by atoms with E-state index in [0.29, 0.717) is 37.7 Å². The van der Waals surface area contributed by atoms with Gasteiger partial charge in [0.05, 0.1) is 29.2 Å². The Hall–Kier alpha value is -2.58. The average molecular weight is 442 g/mol. The molecule has 2 amide bonds. The zero-order valence-electron chi connectivity index (χ0n) is 17.0. The number of hydrogen-bond acceptors (Lipinski definition) is 6. The molecule has 3 aromatic rings. The lowest BCUT2D eigenvalue weighted by atomic mass is 10.1. The minimum atomic E-state index is -0.0331. The fourth-order valence-corrected chi connectivity index (χ4v) is 5.25. The number of rotatable bonds is 6. The normalized spacial score (nSPS) is 13.8. The van der Waals surface area contributed by atoms with Gasteiger partial charge in [-0.1, -0.05) is 29.5 Å². The van der Waals surface area contributed by atoms with Crippen molar-refractivity contribution in [2.75, 3.05) is 32.1 Å². The third-order valence-corrected chi connectivity index (χ3v) is 7.04. The molecule has 2 heterocycles. The first-order valence-electron chi connectivity index (χ1n) is 9.83. The first kappa shape index (κ1) is 20.7. The van der Waals surface area contributed by atoms with Crippen molar-refractivity contribution in [3.63, 3.8) is 0 Å². The highest BCUT2D eigenvalue weighted by Gasteiger charge is 2.28. The van der Waals surface area contributed by atoms with E-state index in [4.69, 9.17) is 4.74 Å². The smallest absolute Gasteiger partial charge is 0.255 e. The minimum absolute atomic E-state index is 0.0217. The van der Waals surface area contributed by atoms with Gasteiger partial charge in [-0.05, 0) is 44.2 Å². The van der Waals surface area contributed by atoms with E-state index in [1.807, 2.05) is 56.3 Å². The van der Waals surface area contributed by atoms with Crippen LogP contribution in [0.2, 0.25) is 0 Å². The summed E-state index contributed by atoms with van der Waals surface area (Å²) in [6.45, 7) is 6.03. The van der Waals surface area contributed by atoms with Gasteiger partial charge in [-0.3, -0.25) is 9.59 Å². The Morgan fingerprint density at radius 1 is 1.13 bits per heavy atom. The van der Waals surface area contributed by atoms with Crippen LogP contribution in [0.5, 0.6) is 5.75 Å². The van der Waals surface area contributed by atoms with Crippen LogP contribution in [-0.4, -0.2) is 58.7 Å². The molecule has 0 N–H and O–H groups in total. The maximum absolute atomic E-state index is 12.6. The van der Waals surface area contributed by atoms with Crippen LogP contribution >= 0.6 is 23.1 Å². The van der Waals surface area contributed by atoms with Crippen LogP contribution in [0.3, 0.4) is 0 Å². The van der Waals surface area contributed by atoms with E-state index in [9.17, 15) is 9.59 Å². The van der Waals surface area contributed by atoms with E-state index in [2.05, 4.69) is 4.98 Å². The summed E-state index contributed by atoms with van der Waals surface area (Å²) < 4.78 is 7.44. The Morgan fingerprint density at radius 3 is 2.67 bits per heavy atom. The van der Waals surface area contributed by atoms with Crippen molar-refractivity contribution < 1.29 is 14.3 Å². The predicted molar refractivity (Wildman–Crippen MR) is 120 cm³/mol. The maximum Gasteiger partial charge on any atom is 0.255 e. The van der Waals surface area contributed by atoms with Gasteiger partial charge in [-0.15, -0.1) is 11.3 Å². The van der Waals surface area contributed by atoms with Gasteiger partial charge < -0.3 is 14.5 Å². The van der Waals surface area contributed by atoms with Crippen molar-refractivity contribution in [3.05, 3.63) is 53.6 Å². The second kappa shape index (κ2) is 9.06. The van der Waals surface area contributed by atoms with Crippen molar-refractivity contribution >= 4 is 45.1 Å². The van der Waals surface area contributed by atoms with E-state index in [0.717, 1.165) is 25.9 Å². The predicted octanol–water partition coefficient (Wildman–Crippen LogP) is 4.04. The first-order valence-corrected chi connectivity index (χ1v) is 11.6. The number of thioether (sulfide) groups is 1. The van der Waals surface area contributed by atoms with Crippen molar-refractivity contribution in [1.29, 1.82) is 0 Å². The fraction of sp³-hybridized carbons (Fsp3) is 0.318. The number of thiazole rings is 1. The summed E-state index contributed by atoms with van der Waals surface area (Å²) in [5, 5.41) is 0. The number of hydrogen-bond donors (Lipinski definition) is 0. The second-order valence-electron chi connectivity index (χ2n) is 7.06. The van der Waals surface area contributed by atoms with Gasteiger partial charge in [-0.2, -0.15) is 0 Å². The minimum Gasteiger partial charge on any atom is -0.494 e. The molecule has 0 bridgehead atoms. The summed E-state index contributed by atoms with van der Waals surface area (Å²) in [5.41, 5.74) is 2.69. The summed E-state index contributed by atoms with van der Waals surface area (Å²) in [6, 6.07) is 13.4. The van der Waals surface area contributed by atoms with Gasteiger partial charge in [0.1, 0.15) is 5.75 Å². The quantitative estimate of drug-likeness (QED) is 0.541. The number of aryl methyl sites for hydroxylation is 1. The third kappa shape index (κ3) is 4.60. The molecular formula is C22H23N3O3S2. The molecule has 0 aliphatic carbocycles. The fourth-order valence-electron chi connectivity index (χ4n) is 3.25. The van der Waals surface area contributed by atoms with E-state index < -0.39 is 0 Å². The van der Waals surface area contributed by atoms with Crippen molar-refractivity contribution in [3.8, 4) is 5.75 Å². The number of ether oxygens (including phenoxy) is 1. The van der Waals surface area contributed by atoms with Crippen LogP contribution in [-0.2, 0) is 4.79 Å². The molecule has 0 spiro atoms. The first-order chi connectivity index (χ1) is 14.5. The Kier molecular flexibility index (Phi) is 6.24. The standard InChI is InChI=1S/C22H23N3O3S2/c1-3-28-17-8-9-18-19(12-17)30-22(23-18)29-13-20(26)24-10-11-25(14-24)21(27)16-6-4-15(2)5-7-16/h4-9,12H,3,10-11,13-14H2,1-2H3. The molecule has 8 heteroatoms. The zero-order valence-corrected chi connectivity index (χ0v) is 18.6. The Labute approximate surface area is 183 Å². The molecule has 4 rings (SSSR count). The summed E-state index contributed by atoms with van der Waals surface area (Å²) in [4.78, 5) is 33.3. The summed E-state index contributed by atoms with van der Waals surface area (Å²) in [6.07, 6.45) is 0. The van der Waals surface area contributed by atoms with Gasteiger partial charge >= 0.3 is 0 Å². The van der Waals surface area contributed by atoms with Gasteiger partial charge in [0.15, 0.2) is 4.34 Å². The SMILES string of the molecule is CCOc1ccc2nc(SCC(=O)N3CCN(C(=O)c4ccc(C)cc4)C3)sc2c1. The van der Waals surface area contributed by atoms with Crippen molar-refractivity contribution in [2.24, 2.45) is 0 Å². The molecule has 0 saturated carbocycles. The largest absolute Gasteiger partial charge is 0.494 e. The van der Waals surface area contributed by atoms with Crippen LogP contribution in [0, 0.1) is 6.92 Å². The van der Waals surface area contributed by atoms with E-state index in [-0.39, 0.29) is 11.8 Å². The van der Waals surface area contributed by atoms with Crippen molar-refractivity contribution in [1.82, 2.24) is 14.8 Å². The van der Waals surface area contributed by atoms with Gasteiger partial charge in [0.2, 0.25) is 5.91 Å². The summed E-state index contributed by atoms with van der Waals surface area (Å²) >= 11 is 3.00. The zero-order chi connectivity index (χ0) is 21.1. The van der Waals surface area contributed by atoms with E-state index in [1.165, 1.54) is 11.8 Å².